The van der Waals surface area contributed by atoms with Gasteiger partial charge in [-0.15, -0.1) is 0 Å². The third kappa shape index (κ3) is 1.78. The quantitative estimate of drug-likeness (QED) is 0.812. The molecule has 2 unspecified atom stereocenters. The molecule has 0 radical (unpaired) electrons. The first-order chi connectivity index (χ1) is 7.36. The number of nitrogens with two attached hydrogens (primary N) is 1. The number of aromatic nitrogens is 2. The topological polar surface area (TPSA) is 64.9 Å². The highest BCUT2D eigenvalue weighted by molar-refractivity contribution is 5.06. The fourth-order valence-corrected chi connectivity index (χ4v) is 2.71. The van der Waals surface area contributed by atoms with E-state index in [4.69, 9.17) is 10.3 Å². The van der Waals surface area contributed by atoms with E-state index in [2.05, 4.69) is 10.1 Å². The van der Waals surface area contributed by atoms with Crippen LogP contribution in [0.2, 0.25) is 0 Å². The Morgan fingerprint density at radius 2 is 2.07 bits per heavy atom. The van der Waals surface area contributed by atoms with Crippen molar-refractivity contribution in [2.24, 2.45) is 17.6 Å². The Morgan fingerprint density at radius 3 is 2.80 bits per heavy atom. The van der Waals surface area contributed by atoms with Gasteiger partial charge in [0, 0.05) is 12.3 Å². The van der Waals surface area contributed by atoms with E-state index in [0.29, 0.717) is 12.5 Å². The lowest BCUT2D eigenvalue weighted by molar-refractivity contribution is 0.342. The molecule has 15 heavy (non-hydrogen) atoms. The van der Waals surface area contributed by atoms with Crippen LogP contribution in [-0.2, 0) is 6.42 Å². The monoisotopic (exact) mass is 207 g/mol. The first-order valence-corrected chi connectivity index (χ1v) is 5.89. The second-order valence-corrected chi connectivity index (χ2v) is 4.87. The van der Waals surface area contributed by atoms with E-state index in [1.807, 2.05) is 0 Å². The minimum Gasteiger partial charge on any atom is -0.339 e. The van der Waals surface area contributed by atoms with Gasteiger partial charge in [-0.1, -0.05) is 5.16 Å². The highest BCUT2D eigenvalue weighted by Crippen LogP contribution is 2.57. The highest BCUT2D eigenvalue weighted by Gasteiger charge is 2.47. The summed E-state index contributed by atoms with van der Waals surface area (Å²) in [6, 6.07) is 0. The lowest BCUT2D eigenvalue weighted by Crippen LogP contribution is -2.01. The number of aryl methyl sites for hydroxylation is 1. The van der Waals surface area contributed by atoms with E-state index in [-0.39, 0.29) is 0 Å². The summed E-state index contributed by atoms with van der Waals surface area (Å²) in [7, 11) is 0. The summed E-state index contributed by atoms with van der Waals surface area (Å²) in [5, 5.41) is 4.00. The largest absolute Gasteiger partial charge is 0.339 e. The van der Waals surface area contributed by atoms with Crippen molar-refractivity contribution in [3.63, 3.8) is 0 Å². The second kappa shape index (κ2) is 3.59. The molecule has 82 valence electrons. The number of hydrogen-bond donors (Lipinski definition) is 1. The number of fused-ring (bicyclic) bond motifs is 1. The zero-order valence-electron chi connectivity index (χ0n) is 8.85. The molecule has 0 saturated heterocycles. The normalized spacial score (nSPS) is 33.0. The fraction of sp³-hybridized carbons (Fsp3) is 0.818. The molecule has 1 heterocycles. The Bertz CT molecular complexity index is 339. The Balaban J connectivity index is 1.63. The SMILES string of the molecule is NCCCc1noc(C2CC3CC3C2)n1. The molecule has 0 amide bonds. The lowest BCUT2D eigenvalue weighted by atomic mass is 10.0. The van der Waals surface area contributed by atoms with Crippen LogP contribution < -0.4 is 5.73 Å². The van der Waals surface area contributed by atoms with E-state index in [1.165, 1.54) is 19.3 Å². The van der Waals surface area contributed by atoms with Crippen LogP contribution >= 0.6 is 0 Å². The molecule has 0 aromatic carbocycles. The van der Waals surface area contributed by atoms with Crippen molar-refractivity contribution in [2.75, 3.05) is 6.54 Å². The number of nitrogens with zero attached hydrogens (tertiary/aromatic N) is 2. The molecule has 0 spiro atoms. The van der Waals surface area contributed by atoms with Gasteiger partial charge in [-0.2, -0.15) is 4.98 Å². The summed E-state index contributed by atoms with van der Waals surface area (Å²) < 4.78 is 5.31. The smallest absolute Gasteiger partial charge is 0.229 e. The molecule has 2 fully saturated rings. The van der Waals surface area contributed by atoms with Crippen molar-refractivity contribution < 1.29 is 4.52 Å². The Labute approximate surface area is 89.2 Å². The predicted molar refractivity (Wildman–Crippen MR) is 55.2 cm³/mol. The molecule has 2 saturated carbocycles. The average molecular weight is 207 g/mol. The van der Waals surface area contributed by atoms with Crippen molar-refractivity contribution in [1.82, 2.24) is 10.1 Å². The van der Waals surface area contributed by atoms with Gasteiger partial charge >= 0.3 is 0 Å². The Kier molecular flexibility index (Phi) is 2.24. The number of hydrogen-bond acceptors (Lipinski definition) is 4. The van der Waals surface area contributed by atoms with Gasteiger partial charge in [-0.05, 0) is 44.1 Å². The fourth-order valence-electron chi connectivity index (χ4n) is 2.71. The van der Waals surface area contributed by atoms with E-state index in [1.54, 1.807) is 0 Å². The summed E-state index contributed by atoms with van der Waals surface area (Å²) in [5.74, 6) is 4.18. The van der Waals surface area contributed by atoms with Crippen LogP contribution in [0.4, 0.5) is 0 Å². The molecule has 3 rings (SSSR count). The van der Waals surface area contributed by atoms with Gasteiger partial charge in [0.1, 0.15) is 0 Å². The van der Waals surface area contributed by atoms with Gasteiger partial charge in [0.25, 0.3) is 0 Å². The third-order valence-corrected chi connectivity index (χ3v) is 3.68. The van der Waals surface area contributed by atoms with Crippen LogP contribution in [0, 0.1) is 11.8 Å². The molecule has 4 nitrogen and oxygen atoms in total. The van der Waals surface area contributed by atoms with Crippen LogP contribution in [0.15, 0.2) is 4.52 Å². The minimum atomic E-state index is 0.549. The van der Waals surface area contributed by atoms with Crippen molar-refractivity contribution in [3.8, 4) is 0 Å². The minimum absolute atomic E-state index is 0.549. The molecule has 1 aromatic rings. The van der Waals surface area contributed by atoms with Crippen molar-refractivity contribution in [2.45, 2.75) is 38.0 Å². The first-order valence-electron chi connectivity index (χ1n) is 5.89. The van der Waals surface area contributed by atoms with E-state index in [0.717, 1.165) is 36.4 Å². The summed E-state index contributed by atoms with van der Waals surface area (Å²) in [6.07, 6.45) is 5.76. The van der Waals surface area contributed by atoms with Gasteiger partial charge in [0.2, 0.25) is 5.89 Å². The van der Waals surface area contributed by atoms with Gasteiger partial charge in [0.05, 0.1) is 0 Å². The third-order valence-electron chi connectivity index (χ3n) is 3.68. The molecule has 2 N–H and O–H groups in total. The van der Waals surface area contributed by atoms with Crippen molar-refractivity contribution >= 4 is 0 Å². The average Bonchev–Trinajstić information content (AvgIpc) is 2.71. The molecule has 2 aliphatic carbocycles. The van der Waals surface area contributed by atoms with Crippen molar-refractivity contribution in [3.05, 3.63) is 11.7 Å². The molecule has 2 aliphatic rings. The standard InChI is InChI=1S/C11H17N3O/c12-3-1-2-10-13-11(15-14-10)9-5-7-4-8(7)6-9/h7-9H,1-6,12H2. The second-order valence-electron chi connectivity index (χ2n) is 4.87. The predicted octanol–water partition coefficient (Wildman–Crippen LogP) is 1.47. The summed E-state index contributed by atoms with van der Waals surface area (Å²) in [6.45, 7) is 0.692. The van der Waals surface area contributed by atoms with Crippen molar-refractivity contribution in [1.29, 1.82) is 0 Å². The summed E-state index contributed by atoms with van der Waals surface area (Å²) >= 11 is 0. The highest BCUT2D eigenvalue weighted by atomic mass is 16.5. The maximum absolute atomic E-state index is 5.44. The number of rotatable bonds is 4. The van der Waals surface area contributed by atoms with Gasteiger partial charge in [-0.25, -0.2) is 0 Å². The molecule has 0 bridgehead atoms. The Morgan fingerprint density at radius 1 is 1.27 bits per heavy atom. The molecule has 1 aromatic heterocycles. The lowest BCUT2D eigenvalue weighted by Gasteiger charge is -2.03. The molecule has 2 atom stereocenters. The summed E-state index contributed by atoms with van der Waals surface area (Å²) in [4.78, 5) is 4.45. The first kappa shape index (κ1) is 9.33. The summed E-state index contributed by atoms with van der Waals surface area (Å²) in [5.41, 5.74) is 5.44. The maximum atomic E-state index is 5.44. The maximum Gasteiger partial charge on any atom is 0.229 e. The van der Waals surface area contributed by atoms with Crippen LogP contribution in [-0.4, -0.2) is 16.7 Å². The van der Waals surface area contributed by atoms with Crippen LogP contribution in [0.3, 0.4) is 0 Å². The molecular weight excluding hydrogens is 190 g/mol. The van der Waals surface area contributed by atoms with Gasteiger partial charge in [-0.3, -0.25) is 0 Å². The van der Waals surface area contributed by atoms with Gasteiger partial charge < -0.3 is 10.3 Å². The van der Waals surface area contributed by atoms with E-state index < -0.39 is 0 Å². The molecule has 4 heteroatoms. The molecule has 0 aliphatic heterocycles. The van der Waals surface area contributed by atoms with E-state index >= 15 is 0 Å². The molecular formula is C11H17N3O. The van der Waals surface area contributed by atoms with Crippen LogP contribution in [0.25, 0.3) is 0 Å². The van der Waals surface area contributed by atoms with Crippen LogP contribution in [0.1, 0.15) is 43.3 Å². The van der Waals surface area contributed by atoms with Crippen LogP contribution in [0.5, 0.6) is 0 Å². The zero-order valence-corrected chi connectivity index (χ0v) is 8.85. The zero-order chi connectivity index (χ0) is 10.3. The van der Waals surface area contributed by atoms with E-state index in [9.17, 15) is 0 Å². The van der Waals surface area contributed by atoms with Gasteiger partial charge in [0.15, 0.2) is 5.82 Å². The Hall–Kier alpha value is -0.900.